The van der Waals surface area contributed by atoms with Crippen LogP contribution in [0.1, 0.15) is 11.1 Å². The van der Waals surface area contributed by atoms with Gasteiger partial charge in [0.1, 0.15) is 17.2 Å². The Balaban J connectivity index is 1.40. The van der Waals surface area contributed by atoms with Crippen LogP contribution in [0.2, 0.25) is 0 Å². The average molecular weight is 394 g/mol. The van der Waals surface area contributed by atoms with Gasteiger partial charge in [0.2, 0.25) is 0 Å². The number of nitrogens with zero attached hydrogens (tertiary/aromatic N) is 2. The topological polar surface area (TPSA) is 68.2 Å². The van der Waals surface area contributed by atoms with Crippen LogP contribution >= 0.6 is 0 Å². The molecule has 0 spiro atoms. The van der Waals surface area contributed by atoms with E-state index in [1.165, 1.54) is 0 Å². The number of ether oxygens (including phenoxy) is 2. The zero-order valence-corrected chi connectivity index (χ0v) is 15.9. The number of hydrogen-bond acceptors (Lipinski definition) is 5. The molecule has 3 heterocycles. The fourth-order valence-corrected chi connectivity index (χ4v) is 4.49. The molecule has 6 nitrogen and oxygen atoms in total. The van der Waals surface area contributed by atoms with Crippen molar-refractivity contribution in [2.45, 2.75) is 6.42 Å². The Morgan fingerprint density at radius 2 is 1.89 bits per heavy atom. The molecular formula is C21H18N2O4S. The van der Waals surface area contributed by atoms with E-state index in [1.807, 2.05) is 65.7 Å². The van der Waals surface area contributed by atoms with Gasteiger partial charge < -0.3 is 14.4 Å². The average Bonchev–Trinajstić information content (AvgIpc) is 3.15. The molecule has 28 heavy (non-hydrogen) atoms. The summed E-state index contributed by atoms with van der Waals surface area (Å²) in [6, 6.07) is 13.4. The number of rotatable bonds is 3. The van der Waals surface area contributed by atoms with E-state index in [0.717, 1.165) is 34.6 Å². The fraction of sp³-hybridized carbons (Fsp3) is 0.190. The van der Waals surface area contributed by atoms with Crippen LogP contribution in [-0.4, -0.2) is 38.1 Å². The molecule has 3 aliphatic rings. The molecule has 0 saturated heterocycles. The fourth-order valence-electron chi connectivity index (χ4n) is 3.51. The first-order valence-corrected chi connectivity index (χ1v) is 10.7. The van der Waals surface area contributed by atoms with Crippen molar-refractivity contribution >= 4 is 21.4 Å². The van der Waals surface area contributed by atoms with Gasteiger partial charge in [-0.05, 0) is 48.0 Å². The van der Waals surface area contributed by atoms with E-state index >= 15 is 0 Å². The zero-order valence-electron chi connectivity index (χ0n) is 15.0. The molecule has 0 unspecified atom stereocenters. The molecule has 2 aromatic rings. The third-order valence-corrected chi connectivity index (χ3v) is 6.07. The smallest absolute Gasteiger partial charge is 0.256 e. The van der Waals surface area contributed by atoms with Crippen molar-refractivity contribution in [1.29, 1.82) is 0 Å². The van der Waals surface area contributed by atoms with Crippen LogP contribution in [0.3, 0.4) is 0 Å². The number of sulfonamides is 1. The van der Waals surface area contributed by atoms with Crippen LogP contribution in [0.4, 0.5) is 0 Å². The highest BCUT2D eigenvalue weighted by molar-refractivity contribution is 7.90. The number of hydrogen-bond donors (Lipinski definition) is 0. The van der Waals surface area contributed by atoms with Gasteiger partial charge in [-0.1, -0.05) is 12.1 Å². The Morgan fingerprint density at radius 3 is 2.75 bits per heavy atom. The lowest BCUT2D eigenvalue weighted by Crippen LogP contribution is -2.37. The van der Waals surface area contributed by atoms with Crippen molar-refractivity contribution in [3.63, 3.8) is 0 Å². The van der Waals surface area contributed by atoms with E-state index in [9.17, 15) is 8.42 Å². The van der Waals surface area contributed by atoms with Crippen molar-refractivity contribution in [1.82, 2.24) is 4.90 Å². The molecule has 142 valence electrons. The minimum atomic E-state index is -3.41. The first kappa shape index (κ1) is 17.1. The minimum Gasteiger partial charge on any atom is -0.493 e. The summed E-state index contributed by atoms with van der Waals surface area (Å²) >= 11 is 0. The molecule has 0 radical (unpaired) electrons. The lowest BCUT2D eigenvalue weighted by molar-refractivity contribution is 0.356. The maximum Gasteiger partial charge on any atom is 0.256 e. The monoisotopic (exact) mass is 394 g/mol. The van der Waals surface area contributed by atoms with Crippen molar-refractivity contribution in [2.75, 3.05) is 18.9 Å². The van der Waals surface area contributed by atoms with Gasteiger partial charge in [0.25, 0.3) is 10.0 Å². The molecule has 0 bridgehead atoms. The molecule has 7 heteroatoms. The van der Waals surface area contributed by atoms with Gasteiger partial charge in [0, 0.05) is 30.3 Å². The summed E-state index contributed by atoms with van der Waals surface area (Å²) in [5.74, 6) is 2.91. The summed E-state index contributed by atoms with van der Waals surface area (Å²) in [7, 11) is -3.41. The van der Waals surface area contributed by atoms with Crippen LogP contribution in [-0.2, 0) is 16.4 Å². The predicted octanol–water partition coefficient (Wildman–Crippen LogP) is 3.37. The van der Waals surface area contributed by atoms with E-state index in [1.54, 1.807) is 0 Å². The highest BCUT2D eigenvalue weighted by Gasteiger charge is 2.27. The summed E-state index contributed by atoms with van der Waals surface area (Å²) in [4.78, 5) is 1.87. The largest absolute Gasteiger partial charge is 0.493 e. The van der Waals surface area contributed by atoms with Crippen LogP contribution in [0.15, 0.2) is 65.2 Å². The lowest BCUT2D eigenvalue weighted by Gasteiger charge is -2.29. The molecule has 0 N–H and O–H groups in total. The highest BCUT2D eigenvalue weighted by atomic mass is 32.2. The molecule has 0 fully saturated rings. The standard InChI is InChI=1S/C21H18N2O4S/c24-28(25)13-11-23-10-1-2-19(21(23)22-28)15-3-5-17(6-4-15)27-18-7-8-20-16(14-18)9-12-26-20/h1-8,10,14H,9,11-13H2. The molecule has 0 atom stereocenters. The Bertz CT molecular complexity index is 1130. The SMILES string of the molecule is O=S1(=O)CCN2C=CC=C(c3ccc(Oc4ccc5c(c4)CCO5)cc3)C2=N1. The van der Waals surface area contributed by atoms with Crippen LogP contribution in [0.5, 0.6) is 17.2 Å². The van der Waals surface area contributed by atoms with Crippen molar-refractivity contribution in [3.05, 3.63) is 71.9 Å². The van der Waals surface area contributed by atoms with Gasteiger partial charge >= 0.3 is 0 Å². The molecule has 3 aliphatic heterocycles. The Kier molecular flexibility index (Phi) is 3.98. The molecular weight excluding hydrogens is 376 g/mol. The predicted molar refractivity (Wildman–Crippen MR) is 107 cm³/mol. The van der Waals surface area contributed by atoms with E-state index in [0.29, 0.717) is 24.7 Å². The normalized spacial score (nSPS) is 19.2. The van der Waals surface area contributed by atoms with E-state index in [4.69, 9.17) is 9.47 Å². The third-order valence-electron chi connectivity index (χ3n) is 4.92. The molecule has 5 rings (SSSR count). The maximum absolute atomic E-state index is 11.9. The second-order valence-corrected chi connectivity index (χ2v) is 8.57. The van der Waals surface area contributed by atoms with Crippen LogP contribution in [0.25, 0.3) is 5.57 Å². The van der Waals surface area contributed by atoms with E-state index in [2.05, 4.69) is 4.40 Å². The van der Waals surface area contributed by atoms with Crippen LogP contribution < -0.4 is 9.47 Å². The van der Waals surface area contributed by atoms with Crippen molar-refractivity contribution < 1.29 is 17.9 Å². The highest BCUT2D eigenvalue weighted by Crippen LogP contribution is 2.32. The Labute approximate surface area is 163 Å². The summed E-state index contributed by atoms with van der Waals surface area (Å²) in [5.41, 5.74) is 2.83. The maximum atomic E-state index is 11.9. The summed E-state index contributed by atoms with van der Waals surface area (Å²) in [6.45, 7) is 1.13. The second-order valence-electron chi connectivity index (χ2n) is 6.81. The molecule has 0 amide bonds. The van der Waals surface area contributed by atoms with Gasteiger partial charge in [-0.2, -0.15) is 0 Å². The summed E-state index contributed by atoms with van der Waals surface area (Å²) < 4.78 is 39.3. The van der Waals surface area contributed by atoms with Crippen LogP contribution in [0, 0.1) is 0 Å². The summed E-state index contributed by atoms with van der Waals surface area (Å²) in [6.07, 6.45) is 6.54. The van der Waals surface area contributed by atoms with Gasteiger partial charge in [0.05, 0.1) is 12.4 Å². The minimum absolute atomic E-state index is 0.0344. The number of fused-ring (bicyclic) bond motifs is 2. The lowest BCUT2D eigenvalue weighted by atomic mass is 10.0. The van der Waals surface area contributed by atoms with E-state index in [-0.39, 0.29) is 5.75 Å². The first-order valence-electron chi connectivity index (χ1n) is 9.10. The quantitative estimate of drug-likeness (QED) is 0.798. The van der Waals surface area contributed by atoms with Gasteiger partial charge in [-0.3, -0.25) is 0 Å². The molecule has 0 saturated carbocycles. The zero-order chi connectivity index (χ0) is 19.1. The van der Waals surface area contributed by atoms with Gasteiger partial charge in [-0.15, -0.1) is 4.40 Å². The Hall–Kier alpha value is -3.06. The molecule has 0 aromatic heterocycles. The number of amidine groups is 1. The van der Waals surface area contributed by atoms with E-state index < -0.39 is 10.0 Å². The molecule has 0 aliphatic carbocycles. The number of benzene rings is 2. The third kappa shape index (κ3) is 3.18. The van der Waals surface area contributed by atoms with Crippen molar-refractivity contribution in [3.8, 4) is 17.2 Å². The first-order chi connectivity index (χ1) is 13.6. The molecule has 2 aromatic carbocycles. The number of allylic oxidation sites excluding steroid dienone is 2. The Morgan fingerprint density at radius 1 is 1.07 bits per heavy atom. The second kappa shape index (κ2) is 6.53. The van der Waals surface area contributed by atoms with Gasteiger partial charge in [-0.25, -0.2) is 8.42 Å². The van der Waals surface area contributed by atoms with Gasteiger partial charge in [0.15, 0.2) is 5.84 Å². The summed E-state index contributed by atoms with van der Waals surface area (Å²) in [5, 5.41) is 0. The van der Waals surface area contributed by atoms with Crippen molar-refractivity contribution in [2.24, 2.45) is 4.40 Å².